The second kappa shape index (κ2) is 8.16. The molecule has 0 saturated carbocycles. The Hall–Kier alpha value is -2.64. The highest BCUT2D eigenvalue weighted by atomic mass is 16.5. The van der Waals surface area contributed by atoms with E-state index in [-0.39, 0.29) is 18.1 Å². The molecule has 28 heavy (non-hydrogen) atoms. The zero-order chi connectivity index (χ0) is 19.5. The van der Waals surface area contributed by atoms with Gasteiger partial charge in [0.15, 0.2) is 0 Å². The molecule has 7 heteroatoms. The van der Waals surface area contributed by atoms with Gasteiger partial charge in [-0.15, -0.1) is 0 Å². The van der Waals surface area contributed by atoms with Crippen LogP contribution in [0.25, 0.3) is 0 Å². The molecule has 1 aromatic heterocycles. The number of aromatic nitrogens is 1. The number of hydrogen-bond acceptors (Lipinski definition) is 6. The number of benzene rings is 1. The summed E-state index contributed by atoms with van der Waals surface area (Å²) in [6.07, 6.45) is 2.47. The van der Waals surface area contributed by atoms with Crippen molar-refractivity contribution in [1.29, 1.82) is 0 Å². The van der Waals surface area contributed by atoms with Crippen molar-refractivity contribution >= 4 is 11.6 Å². The highest BCUT2D eigenvalue weighted by molar-refractivity contribution is 5.99. The van der Waals surface area contributed by atoms with Crippen molar-refractivity contribution < 1.29 is 19.0 Å². The summed E-state index contributed by atoms with van der Waals surface area (Å²) in [4.78, 5) is 21.7. The lowest BCUT2D eigenvalue weighted by atomic mass is 10.1. The molecule has 2 aromatic rings. The molecule has 1 fully saturated rings. The quantitative estimate of drug-likeness (QED) is 0.761. The molecule has 0 spiro atoms. The Kier molecular flexibility index (Phi) is 5.45. The molecule has 2 bridgehead atoms. The van der Waals surface area contributed by atoms with Gasteiger partial charge in [0.05, 0.1) is 25.4 Å². The van der Waals surface area contributed by atoms with Gasteiger partial charge in [-0.3, -0.25) is 9.69 Å². The predicted molar refractivity (Wildman–Crippen MR) is 105 cm³/mol. The van der Waals surface area contributed by atoms with Crippen LogP contribution in [0, 0.1) is 0 Å². The van der Waals surface area contributed by atoms with Crippen molar-refractivity contribution in [2.45, 2.75) is 25.1 Å². The van der Waals surface area contributed by atoms with Crippen LogP contribution in [-0.4, -0.2) is 61.9 Å². The van der Waals surface area contributed by atoms with Crippen molar-refractivity contribution in [3.05, 3.63) is 48.2 Å². The van der Waals surface area contributed by atoms with Crippen LogP contribution >= 0.6 is 0 Å². The van der Waals surface area contributed by atoms with Crippen LogP contribution in [-0.2, 0) is 16.1 Å². The minimum absolute atomic E-state index is 0.00844. The third kappa shape index (κ3) is 3.68. The van der Waals surface area contributed by atoms with E-state index in [9.17, 15) is 4.79 Å². The minimum Gasteiger partial charge on any atom is -0.487 e. The molecule has 7 nitrogen and oxygen atoms in total. The van der Waals surface area contributed by atoms with E-state index in [0.717, 1.165) is 17.0 Å². The number of fused-ring (bicyclic) bond motifs is 3. The monoisotopic (exact) mass is 383 g/mol. The average molecular weight is 383 g/mol. The number of carbonyl (C=O) groups is 1. The molecule has 2 unspecified atom stereocenters. The summed E-state index contributed by atoms with van der Waals surface area (Å²) in [6, 6.07) is 11.3. The number of nitrogens with zero attached hydrogens (tertiary/aromatic N) is 3. The zero-order valence-electron chi connectivity index (χ0n) is 16.2. The van der Waals surface area contributed by atoms with Crippen LogP contribution in [0.3, 0.4) is 0 Å². The van der Waals surface area contributed by atoms with Crippen LogP contribution in [0.5, 0.6) is 11.6 Å². The molecule has 1 saturated heterocycles. The lowest BCUT2D eigenvalue weighted by Crippen LogP contribution is -2.47. The third-order valence-electron chi connectivity index (χ3n) is 5.28. The number of hydrogen-bond donors (Lipinski definition) is 0. The van der Waals surface area contributed by atoms with E-state index in [2.05, 4.69) is 9.88 Å². The van der Waals surface area contributed by atoms with Crippen molar-refractivity contribution in [2.75, 3.05) is 38.8 Å². The van der Waals surface area contributed by atoms with Crippen LogP contribution in [0.2, 0.25) is 0 Å². The highest BCUT2D eigenvalue weighted by Crippen LogP contribution is 2.36. The number of rotatable bonds is 6. The summed E-state index contributed by atoms with van der Waals surface area (Å²) in [6.45, 7) is 2.31. The van der Waals surface area contributed by atoms with Crippen molar-refractivity contribution in [3.63, 3.8) is 0 Å². The van der Waals surface area contributed by atoms with E-state index in [1.54, 1.807) is 25.3 Å². The maximum atomic E-state index is 13.5. The highest BCUT2D eigenvalue weighted by Gasteiger charge is 2.42. The molecule has 2 atom stereocenters. The second-order valence-corrected chi connectivity index (χ2v) is 7.08. The molecule has 1 amide bonds. The maximum absolute atomic E-state index is 13.5. The molecular formula is C21H25N3O4. The Labute approximate surface area is 164 Å². The first-order valence-electron chi connectivity index (χ1n) is 9.48. The molecule has 1 aromatic carbocycles. The number of anilines is 1. The van der Waals surface area contributed by atoms with Crippen molar-refractivity contribution in [1.82, 2.24) is 9.88 Å². The smallest absolute Gasteiger partial charge is 0.244 e. The molecule has 0 aliphatic carbocycles. The van der Waals surface area contributed by atoms with Gasteiger partial charge >= 0.3 is 0 Å². The summed E-state index contributed by atoms with van der Waals surface area (Å²) in [5.74, 6) is 1.43. The van der Waals surface area contributed by atoms with Gasteiger partial charge in [0.25, 0.3) is 0 Å². The molecule has 3 heterocycles. The van der Waals surface area contributed by atoms with Crippen LogP contribution in [0.1, 0.15) is 12.0 Å². The lowest BCUT2D eigenvalue weighted by molar-refractivity contribution is -0.123. The molecule has 4 rings (SSSR count). The normalized spacial score (nSPS) is 21.6. The number of ether oxygens (including phenoxy) is 3. The van der Waals surface area contributed by atoms with Gasteiger partial charge in [0.1, 0.15) is 11.9 Å². The van der Waals surface area contributed by atoms with Gasteiger partial charge in [-0.05, 0) is 17.7 Å². The number of amides is 1. The molecular weight excluding hydrogens is 358 g/mol. The van der Waals surface area contributed by atoms with Crippen LogP contribution in [0.15, 0.2) is 42.6 Å². The van der Waals surface area contributed by atoms with Crippen LogP contribution < -0.4 is 14.4 Å². The van der Waals surface area contributed by atoms with Gasteiger partial charge in [0.2, 0.25) is 11.8 Å². The summed E-state index contributed by atoms with van der Waals surface area (Å²) in [5, 5.41) is 0. The predicted octanol–water partition coefficient (Wildman–Crippen LogP) is 2.11. The Morgan fingerprint density at radius 1 is 1.21 bits per heavy atom. The molecule has 0 radical (unpaired) electrons. The average Bonchev–Trinajstić information content (AvgIpc) is 3.12. The largest absolute Gasteiger partial charge is 0.487 e. The summed E-state index contributed by atoms with van der Waals surface area (Å²) < 4.78 is 16.6. The minimum atomic E-state index is -0.225. The molecule has 2 aliphatic rings. The fourth-order valence-corrected chi connectivity index (χ4v) is 3.91. The number of carbonyl (C=O) groups excluding carboxylic acids is 1. The van der Waals surface area contributed by atoms with E-state index < -0.39 is 0 Å². The number of methoxy groups -OCH3 is 2. The topological polar surface area (TPSA) is 64.1 Å². The van der Waals surface area contributed by atoms with E-state index in [0.29, 0.717) is 38.5 Å². The van der Waals surface area contributed by atoms with Gasteiger partial charge in [0, 0.05) is 45.4 Å². The van der Waals surface area contributed by atoms with Crippen LogP contribution in [0.4, 0.5) is 5.69 Å². The standard InChI is InChI=1S/C21H25N3O4/c1-26-10-9-24-17-5-3-4-6-19(17)28-16-11-18(21(24)25)23(14-16)13-15-7-8-20(27-2)22-12-15/h3-8,12,16,18H,9-11,13-14H2,1-2H3. The molecule has 0 N–H and O–H groups in total. The molecule has 2 aliphatic heterocycles. The number of likely N-dealkylation sites (tertiary alicyclic amines) is 1. The first kappa shape index (κ1) is 18.7. The van der Waals surface area contributed by atoms with Crippen molar-refractivity contribution in [3.8, 4) is 11.6 Å². The first-order valence-corrected chi connectivity index (χ1v) is 9.48. The maximum Gasteiger partial charge on any atom is 0.244 e. The van der Waals surface area contributed by atoms with E-state index >= 15 is 0 Å². The van der Waals surface area contributed by atoms with E-state index in [4.69, 9.17) is 14.2 Å². The van der Waals surface area contributed by atoms with E-state index in [1.807, 2.05) is 36.4 Å². The summed E-state index contributed by atoms with van der Waals surface area (Å²) >= 11 is 0. The Bertz CT molecular complexity index is 827. The third-order valence-corrected chi connectivity index (χ3v) is 5.28. The fraction of sp³-hybridized carbons (Fsp3) is 0.429. The number of para-hydroxylation sites is 2. The lowest BCUT2D eigenvalue weighted by Gasteiger charge is -2.31. The number of pyridine rings is 1. The first-order chi connectivity index (χ1) is 13.7. The van der Waals surface area contributed by atoms with Gasteiger partial charge in [-0.1, -0.05) is 18.2 Å². The SMILES string of the molecule is COCCN1C(=O)C2CC(CN2Cc2ccc(OC)nc2)Oc2ccccc21. The Morgan fingerprint density at radius 3 is 2.82 bits per heavy atom. The van der Waals surface area contributed by atoms with Gasteiger partial charge in [-0.25, -0.2) is 4.98 Å². The summed E-state index contributed by atoms with van der Waals surface area (Å²) in [7, 11) is 3.24. The summed E-state index contributed by atoms with van der Waals surface area (Å²) in [5.41, 5.74) is 1.85. The second-order valence-electron chi connectivity index (χ2n) is 7.08. The zero-order valence-corrected chi connectivity index (χ0v) is 16.2. The Balaban J connectivity index is 1.60. The van der Waals surface area contributed by atoms with Crippen molar-refractivity contribution in [2.24, 2.45) is 0 Å². The molecule has 148 valence electrons. The van der Waals surface area contributed by atoms with Gasteiger partial charge in [-0.2, -0.15) is 0 Å². The van der Waals surface area contributed by atoms with E-state index in [1.165, 1.54) is 0 Å². The van der Waals surface area contributed by atoms with Gasteiger partial charge < -0.3 is 19.1 Å². The Morgan fingerprint density at radius 2 is 2.07 bits per heavy atom. The fourth-order valence-electron chi connectivity index (χ4n) is 3.91.